The standard InChI is InChI=1S/C22H17N3O4S3/c1-24-17-9-7-15(11-19(17)30-21(24)26)23-32(28,29)16-8-10-18-20(12-16)31-22(27)25(18)13-14-5-3-2-4-6-14/h2-12,23H,13H2,1H3. The molecule has 7 nitrogen and oxygen atoms in total. The molecule has 162 valence electrons. The first-order valence-electron chi connectivity index (χ1n) is 9.61. The number of hydrogen-bond donors (Lipinski definition) is 1. The molecule has 32 heavy (non-hydrogen) atoms. The third-order valence-electron chi connectivity index (χ3n) is 5.18. The van der Waals surface area contributed by atoms with Crippen LogP contribution in [-0.2, 0) is 23.6 Å². The molecule has 0 unspecified atom stereocenters. The normalized spacial score (nSPS) is 11.9. The van der Waals surface area contributed by atoms with E-state index in [2.05, 4.69) is 4.72 Å². The second-order valence-corrected chi connectivity index (χ2v) is 11.0. The van der Waals surface area contributed by atoms with E-state index in [1.165, 1.54) is 16.7 Å². The van der Waals surface area contributed by atoms with E-state index in [9.17, 15) is 18.0 Å². The molecule has 0 bridgehead atoms. The fourth-order valence-electron chi connectivity index (χ4n) is 3.54. The van der Waals surface area contributed by atoms with Gasteiger partial charge in [0.15, 0.2) is 0 Å². The zero-order chi connectivity index (χ0) is 22.5. The molecule has 0 amide bonds. The molecule has 0 aliphatic rings. The molecule has 10 heteroatoms. The average molecular weight is 484 g/mol. The molecule has 0 fully saturated rings. The highest BCUT2D eigenvalue weighted by molar-refractivity contribution is 7.92. The van der Waals surface area contributed by atoms with Crippen molar-refractivity contribution in [1.29, 1.82) is 0 Å². The Kier molecular flexibility index (Phi) is 5.00. The second-order valence-electron chi connectivity index (χ2n) is 7.28. The van der Waals surface area contributed by atoms with Crippen LogP contribution in [0.4, 0.5) is 5.69 Å². The van der Waals surface area contributed by atoms with Crippen LogP contribution in [0.5, 0.6) is 0 Å². The third kappa shape index (κ3) is 3.66. The van der Waals surface area contributed by atoms with E-state index >= 15 is 0 Å². The number of thiazole rings is 2. The predicted molar refractivity (Wildman–Crippen MR) is 130 cm³/mol. The summed E-state index contributed by atoms with van der Waals surface area (Å²) in [5.74, 6) is 0. The molecule has 0 saturated heterocycles. The monoisotopic (exact) mass is 483 g/mol. The Morgan fingerprint density at radius 3 is 2.31 bits per heavy atom. The molecular weight excluding hydrogens is 466 g/mol. The molecule has 0 aliphatic heterocycles. The number of nitrogens with one attached hydrogen (secondary N) is 1. The van der Waals surface area contributed by atoms with Gasteiger partial charge in [-0.2, -0.15) is 0 Å². The van der Waals surface area contributed by atoms with Crippen molar-refractivity contribution in [2.75, 3.05) is 4.72 Å². The van der Waals surface area contributed by atoms with Crippen LogP contribution in [0.3, 0.4) is 0 Å². The summed E-state index contributed by atoms with van der Waals surface area (Å²) in [7, 11) is -2.20. The van der Waals surface area contributed by atoms with E-state index in [4.69, 9.17) is 0 Å². The van der Waals surface area contributed by atoms with Crippen molar-refractivity contribution in [3.05, 3.63) is 91.6 Å². The first-order valence-corrected chi connectivity index (χ1v) is 12.7. The molecule has 0 radical (unpaired) electrons. The van der Waals surface area contributed by atoms with Gasteiger partial charge in [0, 0.05) is 7.05 Å². The summed E-state index contributed by atoms with van der Waals surface area (Å²) in [6, 6.07) is 19.3. The van der Waals surface area contributed by atoms with Gasteiger partial charge >= 0.3 is 9.75 Å². The molecule has 0 saturated carbocycles. The summed E-state index contributed by atoms with van der Waals surface area (Å²) < 4.78 is 33.0. The first-order chi connectivity index (χ1) is 15.3. The zero-order valence-corrected chi connectivity index (χ0v) is 19.3. The second kappa shape index (κ2) is 7.73. The minimum absolute atomic E-state index is 0.0689. The Morgan fingerprint density at radius 1 is 0.844 bits per heavy atom. The number of rotatable bonds is 5. The van der Waals surface area contributed by atoms with Crippen LogP contribution in [-0.4, -0.2) is 17.6 Å². The van der Waals surface area contributed by atoms with Crippen LogP contribution < -0.4 is 14.5 Å². The van der Waals surface area contributed by atoms with Gasteiger partial charge in [-0.3, -0.25) is 18.9 Å². The fourth-order valence-corrected chi connectivity index (χ4v) is 6.54. The van der Waals surface area contributed by atoms with Crippen molar-refractivity contribution in [2.24, 2.45) is 7.05 Å². The minimum Gasteiger partial charge on any atom is -0.302 e. The predicted octanol–water partition coefficient (Wildman–Crippen LogP) is 3.83. The van der Waals surface area contributed by atoms with Crippen molar-refractivity contribution < 1.29 is 8.42 Å². The molecule has 3 aromatic carbocycles. The SMILES string of the molecule is Cn1c(=O)sc2cc(NS(=O)(=O)c3ccc4c(c3)sc(=O)n4Cc3ccccc3)ccc21. The van der Waals surface area contributed by atoms with E-state index in [1.54, 1.807) is 35.9 Å². The van der Waals surface area contributed by atoms with E-state index in [0.29, 0.717) is 27.1 Å². The number of aromatic nitrogens is 2. The summed E-state index contributed by atoms with van der Waals surface area (Å²) >= 11 is 2.08. The maximum absolute atomic E-state index is 13.0. The lowest BCUT2D eigenvalue weighted by Gasteiger charge is -2.09. The van der Waals surface area contributed by atoms with Crippen molar-refractivity contribution in [3.63, 3.8) is 0 Å². The lowest BCUT2D eigenvalue weighted by Crippen LogP contribution is -2.14. The average Bonchev–Trinajstić information content (AvgIpc) is 3.23. The lowest BCUT2D eigenvalue weighted by molar-refractivity contribution is 0.601. The van der Waals surface area contributed by atoms with Crippen LogP contribution in [0.1, 0.15) is 5.56 Å². The number of sulfonamides is 1. The van der Waals surface area contributed by atoms with E-state index < -0.39 is 10.0 Å². The molecule has 2 aromatic heterocycles. The Hall–Kier alpha value is -3.21. The molecule has 5 rings (SSSR count). The number of hydrogen-bond acceptors (Lipinski definition) is 6. The summed E-state index contributed by atoms with van der Waals surface area (Å²) in [4.78, 5) is 24.2. The highest BCUT2D eigenvalue weighted by Crippen LogP contribution is 2.26. The lowest BCUT2D eigenvalue weighted by atomic mass is 10.2. The molecule has 2 heterocycles. The molecule has 0 aliphatic carbocycles. The Morgan fingerprint density at radius 2 is 1.53 bits per heavy atom. The number of nitrogens with zero attached hydrogens (tertiary/aromatic N) is 2. The van der Waals surface area contributed by atoms with Gasteiger partial charge in [-0.25, -0.2) is 8.42 Å². The van der Waals surface area contributed by atoms with Crippen molar-refractivity contribution in [2.45, 2.75) is 11.4 Å². The van der Waals surface area contributed by atoms with Crippen molar-refractivity contribution in [3.8, 4) is 0 Å². The van der Waals surface area contributed by atoms with E-state index in [0.717, 1.165) is 33.8 Å². The number of aryl methyl sites for hydroxylation is 1. The van der Waals surface area contributed by atoms with Gasteiger partial charge in [0.1, 0.15) is 0 Å². The van der Waals surface area contributed by atoms with Gasteiger partial charge in [-0.05, 0) is 42.0 Å². The quantitative estimate of drug-likeness (QED) is 0.411. The maximum atomic E-state index is 13.0. The topological polar surface area (TPSA) is 90.2 Å². The number of fused-ring (bicyclic) bond motifs is 2. The van der Waals surface area contributed by atoms with Gasteiger partial charge in [0.2, 0.25) is 0 Å². The minimum atomic E-state index is -3.87. The van der Waals surface area contributed by atoms with Crippen molar-refractivity contribution >= 4 is 58.8 Å². The van der Waals surface area contributed by atoms with Crippen LogP contribution in [0.15, 0.2) is 81.2 Å². The van der Waals surface area contributed by atoms with Crippen molar-refractivity contribution in [1.82, 2.24) is 9.13 Å². The van der Waals surface area contributed by atoms with Crippen LogP contribution >= 0.6 is 22.7 Å². The first kappa shape index (κ1) is 20.7. The molecule has 0 atom stereocenters. The fraction of sp³-hybridized carbons (Fsp3) is 0.0909. The molecule has 0 spiro atoms. The summed E-state index contributed by atoms with van der Waals surface area (Å²) in [5.41, 5.74) is 2.80. The van der Waals surface area contributed by atoms with E-state index in [-0.39, 0.29) is 14.6 Å². The van der Waals surface area contributed by atoms with Crippen LogP contribution in [0.25, 0.3) is 20.4 Å². The third-order valence-corrected chi connectivity index (χ3v) is 8.49. The van der Waals surface area contributed by atoms with Gasteiger partial charge < -0.3 is 4.57 Å². The highest BCUT2D eigenvalue weighted by atomic mass is 32.2. The summed E-state index contributed by atoms with van der Waals surface area (Å²) in [6.07, 6.45) is 0. The molecule has 1 N–H and O–H groups in total. The smallest absolute Gasteiger partial charge is 0.302 e. The highest BCUT2D eigenvalue weighted by Gasteiger charge is 2.18. The van der Waals surface area contributed by atoms with Gasteiger partial charge in [0.05, 0.1) is 37.6 Å². The Labute approximate surface area is 190 Å². The van der Waals surface area contributed by atoms with Crippen LogP contribution in [0, 0.1) is 0 Å². The summed E-state index contributed by atoms with van der Waals surface area (Å²) in [6.45, 7) is 0.421. The van der Waals surface area contributed by atoms with Crippen LogP contribution in [0.2, 0.25) is 0 Å². The van der Waals surface area contributed by atoms with E-state index in [1.807, 2.05) is 30.3 Å². The molecular formula is C22H17N3O4S3. The van der Waals surface area contributed by atoms with Gasteiger partial charge in [0.25, 0.3) is 10.0 Å². The van der Waals surface area contributed by atoms with Gasteiger partial charge in [-0.1, -0.05) is 53.0 Å². The molecule has 5 aromatic rings. The Balaban J connectivity index is 1.48. The number of anilines is 1. The summed E-state index contributed by atoms with van der Waals surface area (Å²) in [5, 5.41) is 0. The largest absolute Gasteiger partial charge is 0.308 e. The maximum Gasteiger partial charge on any atom is 0.308 e. The number of benzene rings is 3. The Bertz CT molecular complexity index is 1690. The zero-order valence-electron chi connectivity index (χ0n) is 16.8. The van der Waals surface area contributed by atoms with Gasteiger partial charge in [-0.15, -0.1) is 0 Å².